The molecule has 1 fully saturated rings. The molecule has 1 aromatic carbocycles. The molecule has 1 heterocycles. The van der Waals surface area contributed by atoms with Crippen LogP contribution in [-0.4, -0.2) is 56.2 Å². The van der Waals surface area contributed by atoms with Crippen molar-refractivity contribution in [3.05, 3.63) is 29.8 Å². The molecular weight excluding hydrogens is 262 g/mol. The number of hydrogen-bond donors (Lipinski definition) is 1. The maximum atomic E-state index is 5.94. The minimum atomic E-state index is 0.402. The van der Waals surface area contributed by atoms with E-state index in [2.05, 4.69) is 48.2 Å². The molecule has 21 heavy (non-hydrogen) atoms. The van der Waals surface area contributed by atoms with Gasteiger partial charge in [-0.05, 0) is 64.1 Å². The third-order valence-electron chi connectivity index (χ3n) is 3.98. The van der Waals surface area contributed by atoms with Crippen LogP contribution in [0.2, 0.25) is 0 Å². The summed E-state index contributed by atoms with van der Waals surface area (Å²) in [5, 5.41) is 0. The Kier molecular flexibility index (Phi) is 6.49. The summed E-state index contributed by atoms with van der Waals surface area (Å²) in [6.45, 7) is 5.10. The van der Waals surface area contributed by atoms with Crippen LogP contribution in [0, 0.1) is 0 Å². The molecule has 0 saturated carbocycles. The molecule has 2 rings (SSSR count). The summed E-state index contributed by atoms with van der Waals surface area (Å²) in [5.74, 6) is 0.971. The van der Waals surface area contributed by atoms with Gasteiger partial charge in [0.1, 0.15) is 5.75 Å². The van der Waals surface area contributed by atoms with Crippen molar-refractivity contribution >= 4 is 0 Å². The molecule has 0 bridgehead atoms. The van der Waals surface area contributed by atoms with Crippen molar-refractivity contribution in [3.63, 3.8) is 0 Å². The molecule has 0 unspecified atom stereocenters. The zero-order valence-electron chi connectivity index (χ0n) is 13.4. The number of nitrogens with zero attached hydrogens (tertiary/aromatic N) is 2. The third-order valence-corrected chi connectivity index (χ3v) is 3.98. The fraction of sp³-hybridized carbons (Fsp3) is 0.647. The first-order chi connectivity index (χ1) is 10.1. The normalized spacial score (nSPS) is 17.3. The van der Waals surface area contributed by atoms with E-state index in [9.17, 15) is 0 Å². The van der Waals surface area contributed by atoms with Crippen LogP contribution in [0.25, 0.3) is 0 Å². The predicted molar refractivity (Wildman–Crippen MR) is 87.6 cm³/mol. The average Bonchev–Trinajstić information content (AvgIpc) is 2.47. The van der Waals surface area contributed by atoms with Crippen LogP contribution in [0.15, 0.2) is 24.3 Å². The average molecular weight is 291 g/mol. The fourth-order valence-electron chi connectivity index (χ4n) is 2.63. The smallest absolute Gasteiger partial charge is 0.119 e. The lowest BCUT2D eigenvalue weighted by atomic mass is 10.1. The number of ether oxygens (including phenoxy) is 1. The van der Waals surface area contributed by atoms with Crippen molar-refractivity contribution in [2.24, 2.45) is 5.73 Å². The first kappa shape index (κ1) is 16.3. The molecule has 0 atom stereocenters. The minimum absolute atomic E-state index is 0.402. The second-order valence-corrected chi connectivity index (χ2v) is 6.26. The van der Waals surface area contributed by atoms with Gasteiger partial charge >= 0.3 is 0 Å². The van der Waals surface area contributed by atoms with Gasteiger partial charge in [0.15, 0.2) is 0 Å². The lowest BCUT2D eigenvalue weighted by Crippen LogP contribution is -2.39. The van der Waals surface area contributed by atoms with Gasteiger partial charge in [0.05, 0.1) is 6.61 Å². The highest BCUT2D eigenvalue weighted by Gasteiger charge is 2.15. The summed E-state index contributed by atoms with van der Waals surface area (Å²) in [4.78, 5) is 4.66. The van der Waals surface area contributed by atoms with Crippen molar-refractivity contribution in [1.82, 2.24) is 9.80 Å². The summed E-state index contributed by atoms with van der Waals surface area (Å²) >= 11 is 0. The molecule has 4 nitrogen and oxygen atoms in total. The lowest BCUT2D eigenvalue weighted by Gasteiger charge is -2.30. The van der Waals surface area contributed by atoms with Gasteiger partial charge in [0.25, 0.3) is 0 Å². The van der Waals surface area contributed by atoms with Gasteiger partial charge in [-0.1, -0.05) is 12.1 Å². The van der Waals surface area contributed by atoms with Gasteiger partial charge in [0, 0.05) is 19.1 Å². The Balaban J connectivity index is 1.71. The second kappa shape index (κ2) is 8.37. The van der Waals surface area contributed by atoms with Crippen molar-refractivity contribution < 1.29 is 4.74 Å². The summed E-state index contributed by atoms with van der Waals surface area (Å²) in [6, 6.07) is 8.92. The largest absolute Gasteiger partial charge is 0.494 e. The van der Waals surface area contributed by atoms with E-state index in [0.717, 1.165) is 57.8 Å². The number of rotatable bonds is 7. The molecule has 1 aromatic rings. The van der Waals surface area contributed by atoms with Crippen LogP contribution in [0.1, 0.15) is 24.8 Å². The monoisotopic (exact) mass is 291 g/mol. The summed E-state index contributed by atoms with van der Waals surface area (Å²) in [7, 11) is 4.17. The molecule has 1 aliphatic rings. The van der Waals surface area contributed by atoms with Gasteiger partial charge in [-0.3, -0.25) is 4.90 Å². The van der Waals surface area contributed by atoms with Gasteiger partial charge in [-0.15, -0.1) is 0 Å². The molecule has 0 aromatic heterocycles. The Bertz CT molecular complexity index is 397. The number of hydrogen-bond acceptors (Lipinski definition) is 4. The molecule has 1 aliphatic heterocycles. The molecule has 0 spiro atoms. The molecule has 118 valence electrons. The highest BCUT2D eigenvalue weighted by Crippen LogP contribution is 2.16. The van der Waals surface area contributed by atoms with Gasteiger partial charge in [-0.25, -0.2) is 0 Å². The first-order valence-electron chi connectivity index (χ1n) is 7.98. The quantitative estimate of drug-likeness (QED) is 0.780. The summed E-state index contributed by atoms with van der Waals surface area (Å²) < 4.78 is 5.76. The molecule has 0 amide bonds. The van der Waals surface area contributed by atoms with Crippen LogP contribution in [0.4, 0.5) is 0 Å². The van der Waals surface area contributed by atoms with Crippen LogP contribution >= 0.6 is 0 Å². The minimum Gasteiger partial charge on any atom is -0.494 e. The maximum absolute atomic E-state index is 5.94. The highest BCUT2D eigenvalue weighted by molar-refractivity contribution is 5.27. The first-order valence-corrected chi connectivity index (χ1v) is 7.98. The number of likely N-dealkylation sites (tertiary alicyclic amines) is 1. The van der Waals surface area contributed by atoms with Crippen molar-refractivity contribution in [2.75, 3.05) is 40.3 Å². The SMILES string of the molecule is CN(C)CCCOc1ccc(CN2CCC(N)CC2)cc1. The molecule has 2 N–H and O–H groups in total. The summed E-state index contributed by atoms with van der Waals surface area (Å²) in [6.07, 6.45) is 3.29. The molecule has 0 aliphatic carbocycles. The summed E-state index contributed by atoms with van der Waals surface area (Å²) in [5.41, 5.74) is 7.29. The van der Waals surface area contributed by atoms with Crippen molar-refractivity contribution in [1.29, 1.82) is 0 Å². The Labute approximate surface area is 128 Å². The predicted octanol–water partition coefficient (Wildman–Crippen LogP) is 1.94. The van der Waals surface area contributed by atoms with Crippen molar-refractivity contribution in [3.8, 4) is 5.75 Å². The molecule has 4 heteroatoms. The van der Waals surface area contributed by atoms with Crippen LogP contribution in [0.5, 0.6) is 5.75 Å². The number of piperidine rings is 1. The van der Waals surface area contributed by atoms with E-state index in [1.54, 1.807) is 0 Å². The van der Waals surface area contributed by atoms with Gasteiger partial charge in [0.2, 0.25) is 0 Å². The maximum Gasteiger partial charge on any atom is 0.119 e. The third kappa shape index (κ3) is 6.04. The standard InChI is InChI=1S/C17H29N3O/c1-19(2)10-3-13-21-17-6-4-15(5-7-17)14-20-11-8-16(18)9-12-20/h4-7,16H,3,8-14,18H2,1-2H3. The molecule has 0 radical (unpaired) electrons. The van der Waals surface area contributed by atoms with E-state index < -0.39 is 0 Å². The fourth-order valence-corrected chi connectivity index (χ4v) is 2.63. The van der Waals surface area contributed by atoms with Crippen LogP contribution < -0.4 is 10.5 Å². The Hall–Kier alpha value is -1.10. The molecule has 1 saturated heterocycles. The van der Waals surface area contributed by atoms with E-state index in [-0.39, 0.29) is 0 Å². The Morgan fingerprint density at radius 1 is 1.19 bits per heavy atom. The number of nitrogens with two attached hydrogens (primary N) is 1. The van der Waals surface area contributed by atoms with Gasteiger partial charge < -0.3 is 15.4 Å². The highest BCUT2D eigenvalue weighted by atomic mass is 16.5. The second-order valence-electron chi connectivity index (χ2n) is 6.26. The van der Waals surface area contributed by atoms with E-state index in [4.69, 9.17) is 10.5 Å². The topological polar surface area (TPSA) is 41.7 Å². The Morgan fingerprint density at radius 3 is 2.48 bits per heavy atom. The lowest BCUT2D eigenvalue weighted by molar-refractivity contribution is 0.205. The van der Waals surface area contributed by atoms with Crippen LogP contribution in [-0.2, 0) is 6.54 Å². The van der Waals surface area contributed by atoms with Gasteiger partial charge in [-0.2, -0.15) is 0 Å². The van der Waals surface area contributed by atoms with E-state index in [1.807, 2.05) is 0 Å². The Morgan fingerprint density at radius 2 is 1.86 bits per heavy atom. The van der Waals surface area contributed by atoms with E-state index in [0.29, 0.717) is 6.04 Å². The van der Waals surface area contributed by atoms with E-state index >= 15 is 0 Å². The zero-order chi connectivity index (χ0) is 15.1. The number of benzene rings is 1. The van der Waals surface area contributed by atoms with E-state index in [1.165, 1.54) is 5.56 Å². The van der Waals surface area contributed by atoms with Crippen LogP contribution in [0.3, 0.4) is 0 Å². The molecular formula is C17H29N3O. The zero-order valence-corrected chi connectivity index (χ0v) is 13.4. The van der Waals surface area contributed by atoms with Crippen molar-refractivity contribution in [2.45, 2.75) is 31.8 Å².